The lowest BCUT2D eigenvalue weighted by atomic mass is 10.1. The van der Waals surface area contributed by atoms with Crippen LogP contribution in [0.15, 0.2) is 65.7 Å². The maximum absolute atomic E-state index is 12.3. The number of fused-ring (bicyclic) bond motifs is 1. The second kappa shape index (κ2) is 7.49. The van der Waals surface area contributed by atoms with Gasteiger partial charge in [0.2, 0.25) is 5.91 Å². The molecule has 0 aliphatic heterocycles. The summed E-state index contributed by atoms with van der Waals surface area (Å²) < 4.78 is 0. The Morgan fingerprint density at radius 3 is 2.62 bits per heavy atom. The first-order valence-corrected chi connectivity index (χ1v) is 8.86. The molecule has 1 N–H and O–H groups in total. The third kappa shape index (κ3) is 3.95. The Morgan fingerprint density at radius 2 is 1.83 bits per heavy atom. The van der Waals surface area contributed by atoms with Gasteiger partial charge in [0.15, 0.2) is 0 Å². The number of para-hydroxylation sites is 1. The molecule has 0 unspecified atom stereocenters. The number of aromatic nitrogens is 1. The van der Waals surface area contributed by atoms with E-state index >= 15 is 0 Å². The number of carbonyl (C=O) groups excluding carboxylic acids is 1. The number of pyridine rings is 1. The van der Waals surface area contributed by atoms with Crippen molar-refractivity contribution in [1.82, 2.24) is 10.3 Å². The van der Waals surface area contributed by atoms with Gasteiger partial charge < -0.3 is 5.32 Å². The first-order chi connectivity index (χ1) is 11.6. The maximum atomic E-state index is 12.3. The van der Waals surface area contributed by atoms with Crippen molar-refractivity contribution >= 4 is 28.6 Å². The largest absolute Gasteiger partial charge is 0.351 e. The molecule has 0 saturated heterocycles. The zero-order valence-corrected chi connectivity index (χ0v) is 14.6. The number of rotatable bonds is 5. The molecule has 0 fully saturated rings. The zero-order chi connectivity index (χ0) is 16.9. The average molecular weight is 336 g/mol. The Hall–Kier alpha value is -2.33. The van der Waals surface area contributed by atoms with Crippen LogP contribution in [0.25, 0.3) is 10.9 Å². The normalized spacial score (nSPS) is 12.1. The van der Waals surface area contributed by atoms with Crippen LogP contribution in [0.3, 0.4) is 0 Å². The van der Waals surface area contributed by atoms with Crippen LogP contribution < -0.4 is 5.32 Å². The fourth-order valence-corrected chi connectivity index (χ4v) is 3.49. The molecule has 1 amide bonds. The fraction of sp³-hybridized carbons (Fsp3) is 0.200. The molecule has 0 bridgehead atoms. The number of carbonyl (C=O) groups is 1. The van der Waals surface area contributed by atoms with Crippen LogP contribution in [0.4, 0.5) is 0 Å². The van der Waals surface area contributed by atoms with Gasteiger partial charge in [-0.1, -0.05) is 60.3 Å². The number of nitrogens with zero attached hydrogens (tertiary/aromatic N) is 1. The van der Waals surface area contributed by atoms with Gasteiger partial charge >= 0.3 is 0 Å². The summed E-state index contributed by atoms with van der Waals surface area (Å²) in [5.41, 5.74) is 3.25. The quantitative estimate of drug-likeness (QED) is 0.705. The minimum absolute atomic E-state index is 0.0245. The predicted octanol–water partition coefficient (Wildman–Crippen LogP) is 4.34. The van der Waals surface area contributed by atoms with Crippen LogP contribution in [0.2, 0.25) is 0 Å². The highest BCUT2D eigenvalue weighted by Crippen LogP contribution is 2.26. The van der Waals surface area contributed by atoms with Crippen LogP contribution in [-0.4, -0.2) is 16.1 Å². The van der Waals surface area contributed by atoms with Gasteiger partial charge in [-0.15, -0.1) is 0 Å². The lowest BCUT2D eigenvalue weighted by Gasteiger charge is -2.13. The van der Waals surface area contributed by atoms with Crippen molar-refractivity contribution in [3.63, 3.8) is 0 Å². The van der Waals surface area contributed by atoms with Gasteiger partial charge in [-0.05, 0) is 37.1 Å². The van der Waals surface area contributed by atoms with Gasteiger partial charge in [-0.2, -0.15) is 0 Å². The number of nitrogens with one attached hydrogen (secondary N) is 1. The Balaban J connectivity index is 1.65. The Bertz CT molecular complexity index is 849. The molecule has 2 aromatic carbocycles. The molecule has 122 valence electrons. The third-order valence-corrected chi connectivity index (χ3v) is 4.89. The van der Waals surface area contributed by atoms with Crippen LogP contribution in [0, 0.1) is 6.92 Å². The topological polar surface area (TPSA) is 42.0 Å². The van der Waals surface area contributed by atoms with Crippen LogP contribution in [0.5, 0.6) is 0 Å². The van der Waals surface area contributed by atoms with E-state index in [0.29, 0.717) is 6.54 Å². The van der Waals surface area contributed by atoms with Gasteiger partial charge in [0.05, 0.1) is 15.8 Å². The van der Waals surface area contributed by atoms with E-state index in [2.05, 4.69) is 23.3 Å². The maximum Gasteiger partial charge on any atom is 0.233 e. The Morgan fingerprint density at radius 1 is 1.12 bits per heavy atom. The number of hydrogen-bond donors (Lipinski definition) is 1. The van der Waals surface area contributed by atoms with E-state index in [1.54, 1.807) is 0 Å². The van der Waals surface area contributed by atoms with Crippen molar-refractivity contribution < 1.29 is 4.79 Å². The van der Waals surface area contributed by atoms with Gasteiger partial charge in [-0.3, -0.25) is 4.79 Å². The summed E-state index contributed by atoms with van der Waals surface area (Å²) in [6.07, 6.45) is 0. The van der Waals surface area contributed by atoms with Crippen molar-refractivity contribution in [2.75, 3.05) is 0 Å². The molecule has 0 spiro atoms. The highest BCUT2D eigenvalue weighted by atomic mass is 32.2. The molecular formula is C20H20N2OS. The molecule has 1 heterocycles. The molecule has 4 heteroatoms. The van der Waals surface area contributed by atoms with Crippen LogP contribution in [0.1, 0.15) is 18.1 Å². The summed E-state index contributed by atoms with van der Waals surface area (Å²) in [7, 11) is 0. The molecule has 0 saturated carbocycles. The number of hydrogen-bond acceptors (Lipinski definition) is 3. The molecule has 1 atom stereocenters. The van der Waals surface area contributed by atoms with Gasteiger partial charge in [-0.25, -0.2) is 4.98 Å². The van der Waals surface area contributed by atoms with E-state index in [1.165, 1.54) is 17.3 Å². The Labute approximate surface area is 146 Å². The van der Waals surface area contributed by atoms with E-state index in [-0.39, 0.29) is 11.2 Å². The second-order valence-corrected chi connectivity index (χ2v) is 7.12. The van der Waals surface area contributed by atoms with E-state index in [1.807, 2.05) is 61.5 Å². The van der Waals surface area contributed by atoms with Crippen LogP contribution >= 0.6 is 11.8 Å². The number of thioether (sulfide) groups is 1. The molecule has 3 aromatic rings. The van der Waals surface area contributed by atoms with Crippen molar-refractivity contribution in [3.8, 4) is 0 Å². The fourth-order valence-electron chi connectivity index (χ4n) is 2.54. The summed E-state index contributed by atoms with van der Waals surface area (Å²) in [5.74, 6) is 0.0245. The molecule has 1 aromatic heterocycles. The van der Waals surface area contributed by atoms with Crippen molar-refractivity contribution in [1.29, 1.82) is 0 Å². The number of benzene rings is 2. The lowest BCUT2D eigenvalue weighted by molar-refractivity contribution is -0.120. The zero-order valence-electron chi connectivity index (χ0n) is 13.8. The molecule has 24 heavy (non-hydrogen) atoms. The summed E-state index contributed by atoms with van der Waals surface area (Å²) in [6, 6.07) is 20.1. The third-order valence-electron chi connectivity index (χ3n) is 3.88. The van der Waals surface area contributed by atoms with E-state index in [4.69, 9.17) is 0 Å². The second-order valence-electron chi connectivity index (χ2n) is 5.76. The average Bonchev–Trinajstić information content (AvgIpc) is 2.60. The molecular weight excluding hydrogens is 316 g/mol. The molecule has 3 nitrogen and oxygen atoms in total. The first-order valence-electron chi connectivity index (χ1n) is 7.98. The highest BCUT2D eigenvalue weighted by Gasteiger charge is 2.15. The molecule has 3 rings (SSSR count). The van der Waals surface area contributed by atoms with Gasteiger partial charge in [0, 0.05) is 11.9 Å². The smallest absolute Gasteiger partial charge is 0.233 e. The molecule has 0 aliphatic carbocycles. The standard InChI is InChI=1S/C20H20N2OS/c1-14-12-19(22-18-11-7-6-10-17(14)18)24-15(2)20(23)21-13-16-8-4-3-5-9-16/h3-12,15H,13H2,1-2H3,(H,21,23)/t15-/m1/s1. The van der Waals surface area contributed by atoms with Gasteiger partial charge in [0.1, 0.15) is 0 Å². The van der Waals surface area contributed by atoms with E-state index < -0.39 is 0 Å². The van der Waals surface area contributed by atoms with E-state index in [0.717, 1.165) is 21.5 Å². The van der Waals surface area contributed by atoms with Crippen molar-refractivity contribution in [2.24, 2.45) is 0 Å². The number of aryl methyl sites for hydroxylation is 1. The summed E-state index contributed by atoms with van der Waals surface area (Å²) in [5, 5.41) is 4.83. The predicted molar refractivity (Wildman–Crippen MR) is 100 cm³/mol. The number of amides is 1. The minimum atomic E-state index is -0.193. The SMILES string of the molecule is Cc1cc(S[C@H](C)C(=O)NCc2ccccc2)nc2ccccc12. The molecule has 0 aliphatic rings. The van der Waals surface area contributed by atoms with Crippen molar-refractivity contribution in [3.05, 3.63) is 71.8 Å². The first kappa shape index (κ1) is 16.5. The molecule has 0 radical (unpaired) electrons. The minimum Gasteiger partial charge on any atom is -0.351 e. The highest BCUT2D eigenvalue weighted by molar-refractivity contribution is 8.00. The van der Waals surface area contributed by atoms with Gasteiger partial charge in [0.25, 0.3) is 0 Å². The summed E-state index contributed by atoms with van der Waals surface area (Å²) >= 11 is 1.49. The summed E-state index contributed by atoms with van der Waals surface area (Å²) in [6.45, 7) is 4.54. The summed E-state index contributed by atoms with van der Waals surface area (Å²) in [4.78, 5) is 17.0. The van der Waals surface area contributed by atoms with E-state index in [9.17, 15) is 4.79 Å². The van der Waals surface area contributed by atoms with Crippen molar-refractivity contribution in [2.45, 2.75) is 30.7 Å². The van der Waals surface area contributed by atoms with Crippen LogP contribution in [-0.2, 0) is 11.3 Å². The Kier molecular flexibility index (Phi) is 5.16. The lowest BCUT2D eigenvalue weighted by Crippen LogP contribution is -2.30. The monoisotopic (exact) mass is 336 g/mol.